The molecule has 0 bridgehead atoms. The van der Waals surface area contributed by atoms with Crippen molar-refractivity contribution in [3.63, 3.8) is 0 Å². The van der Waals surface area contributed by atoms with Crippen LogP contribution in [0.5, 0.6) is 5.75 Å². The maximum atomic E-state index is 12.5. The summed E-state index contributed by atoms with van der Waals surface area (Å²) in [7, 11) is 1.71. The van der Waals surface area contributed by atoms with Gasteiger partial charge in [-0.25, -0.2) is 0 Å². The molecule has 0 unspecified atom stereocenters. The van der Waals surface area contributed by atoms with Gasteiger partial charge in [-0.15, -0.1) is 0 Å². The molecule has 0 atom stereocenters. The maximum Gasteiger partial charge on any atom is 0.222 e. The molecule has 2 saturated heterocycles. The number of benzene rings is 1. The quantitative estimate of drug-likeness (QED) is 0.919. The lowest BCUT2D eigenvalue weighted by Gasteiger charge is -2.37. The molecule has 1 N–H and O–H groups in total. The third-order valence-corrected chi connectivity index (χ3v) is 4.98. The van der Waals surface area contributed by atoms with E-state index in [9.17, 15) is 4.79 Å². The van der Waals surface area contributed by atoms with Crippen LogP contribution in [0.1, 0.15) is 19.3 Å². The fraction of sp³-hybridized carbons (Fsp3) is 0.611. The summed E-state index contributed by atoms with van der Waals surface area (Å²) in [5.74, 6) is 1.80. The van der Waals surface area contributed by atoms with Gasteiger partial charge in [-0.2, -0.15) is 0 Å². The van der Waals surface area contributed by atoms with Gasteiger partial charge >= 0.3 is 0 Å². The number of para-hydroxylation sites is 2. The van der Waals surface area contributed by atoms with Gasteiger partial charge in [0, 0.05) is 32.6 Å². The molecule has 2 aliphatic heterocycles. The van der Waals surface area contributed by atoms with Gasteiger partial charge in [0.1, 0.15) is 5.75 Å². The van der Waals surface area contributed by atoms with Crippen molar-refractivity contribution < 1.29 is 9.53 Å². The molecule has 1 aromatic carbocycles. The van der Waals surface area contributed by atoms with Crippen molar-refractivity contribution in [1.29, 1.82) is 0 Å². The molecule has 126 valence electrons. The highest BCUT2D eigenvalue weighted by molar-refractivity contribution is 5.77. The van der Waals surface area contributed by atoms with Gasteiger partial charge in [0.05, 0.1) is 12.8 Å². The van der Waals surface area contributed by atoms with Crippen LogP contribution in [0.25, 0.3) is 0 Å². The van der Waals surface area contributed by atoms with Crippen LogP contribution in [0.4, 0.5) is 5.69 Å². The zero-order chi connectivity index (χ0) is 16.1. The summed E-state index contributed by atoms with van der Waals surface area (Å²) in [6, 6.07) is 8.10. The zero-order valence-corrected chi connectivity index (χ0v) is 14.0. The third-order valence-electron chi connectivity index (χ3n) is 4.98. The summed E-state index contributed by atoms with van der Waals surface area (Å²) >= 11 is 0. The van der Waals surface area contributed by atoms with Crippen molar-refractivity contribution in [1.82, 2.24) is 10.2 Å². The Labute approximate surface area is 138 Å². The Hall–Kier alpha value is -1.75. The fourth-order valence-electron chi connectivity index (χ4n) is 3.55. The molecule has 5 nitrogen and oxygen atoms in total. The Morgan fingerprint density at radius 1 is 1.17 bits per heavy atom. The van der Waals surface area contributed by atoms with Crippen LogP contribution in [0, 0.1) is 5.92 Å². The Kier molecular flexibility index (Phi) is 5.39. The summed E-state index contributed by atoms with van der Waals surface area (Å²) in [5, 5.41) is 3.36. The molecule has 2 aliphatic rings. The number of amides is 1. The molecule has 23 heavy (non-hydrogen) atoms. The van der Waals surface area contributed by atoms with Crippen molar-refractivity contribution >= 4 is 11.6 Å². The second-order valence-electron chi connectivity index (χ2n) is 6.44. The van der Waals surface area contributed by atoms with Crippen LogP contribution in [-0.4, -0.2) is 57.2 Å². The smallest absolute Gasteiger partial charge is 0.222 e. The van der Waals surface area contributed by atoms with E-state index >= 15 is 0 Å². The van der Waals surface area contributed by atoms with E-state index in [1.165, 1.54) is 0 Å². The van der Waals surface area contributed by atoms with Gasteiger partial charge in [0.15, 0.2) is 0 Å². The predicted octanol–water partition coefficient (Wildman–Crippen LogP) is 1.73. The summed E-state index contributed by atoms with van der Waals surface area (Å²) in [6.45, 7) is 5.47. The lowest BCUT2D eigenvalue weighted by atomic mass is 9.94. The van der Waals surface area contributed by atoms with Crippen LogP contribution < -0.4 is 15.0 Å². The number of ether oxygens (including phenoxy) is 1. The standard InChI is InChI=1S/C18H27N3O2/c1-23-17-5-3-2-4-16(17)20-10-12-21(13-11-20)18(22)14-15-6-8-19-9-7-15/h2-5,15,19H,6-14H2,1H3. The number of piperazine rings is 1. The Morgan fingerprint density at radius 2 is 1.87 bits per heavy atom. The molecule has 3 rings (SSSR count). The number of nitrogens with zero attached hydrogens (tertiary/aromatic N) is 2. The number of carbonyl (C=O) groups excluding carboxylic acids is 1. The lowest BCUT2D eigenvalue weighted by Crippen LogP contribution is -2.49. The van der Waals surface area contributed by atoms with E-state index in [4.69, 9.17) is 4.74 Å². The molecule has 5 heteroatoms. The van der Waals surface area contributed by atoms with E-state index in [1.54, 1.807) is 7.11 Å². The van der Waals surface area contributed by atoms with Crippen LogP contribution in [0.3, 0.4) is 0 Å². The molecular formula is C18H27N3O2. The molecule has 0 aliphatic carbocycles. The lowest BCUT2D eigenvalue weighted by molar-refractivity contribution is -0.132. The molecule has 0 saturated carbocycles. The number of piperidine rings is 1. The van der Waals surface area contributed by atoms with Crippen LogP contribution >= 0.6 is 0 Å². The predicted molar refractivity (Wildman–Crippen MR) is 92.0 cm³/mol. The first-order chi connectivity index (χ1) is 11.3. The first-order valence-electron chi connectivity index (χ1n) is 8.64. The van der Waals surface area contributed by atoms with Crippen molar-refractivity contribution in [2.24, 2.45) is 5.92 Å². The van der Waals surface area contributed by atoms with Crippen molar-refractivity contribution in [2.45, 2.75) is 19.3 Å². The van der Waals surface area contributed by atoms with Crippen molar-refractivity contribution in [2.75, 3.05) is 51.3 Å². The molecule has 1 amide bonds. The number of methoxy groups -OCH3 is 1. The van der Waals surface area contributed by atoms with E-state index < -0.39 is 0 Å². The summed E-state index contributed by atoms with van der Waals surface area (Å²) < 4.78 is 5.45. The minimum Gasteiger partial charge on any atom is -0.495 e. The number of anilines is 1. The van der Waals surface area contributed by atoms with Gasteiger partial charge in [0.25, 0.3) is 0 Å². The first kappa shape index (κ1) is 16.1. The maximum absolute atomic E-state index is 12.5. The Bertz CT molecular complexity index is 521. The van der Waals surface area contributed by atoms with E-state index in [-0.39, 0.29) is 0 Å². The summed E-state index contributed by atoms with van der Waals surface area (Å²) in [6.07, 6.45) is 2.98. The summed E-state index contributed by atoms with van der Waals surface area (Å²) in [4.78, 5) is 16.8. The number of hydrogen-bond acceptors (Lipinski definition) is 4. The minimum atomic E-state index is 0.330. The van der Waals surface area contributed by atoms with Gasteiger partial charge in [-0.05, 0) is 44.0 Å². The van der Waals surface area contributed by atoms with E-state index in [1.807, 2.05) is 23.1 Å². The van der Waals surface area contributed by atoms with Gasteiger partial charge in [-0.1, -0.05) is 12.1 Å². The average Bonchev–Trinajstić information content (AvgIpc) is 2.62. The molecule has 0 radical (unpaired) electrons. The number of carbonyl (C=O) groups is 1. The largest absolute Gasteiger partial charge is 0.495 e. The minimum absolute atomic E-state index is 0.330. The van der Waals surface area contributed by atoms with Gasteiger partial charge in [-0.3, -0.25) is 4.79 Å². The molecule has 2 fully saturated rings. The SMILES string of the molecule is COc1ccccc1N1CCN(C(=O)CC2CCNCC2)CC1. The Morgan fingerprint density at radius 3 is 2.57 bits per heavy atom. The van der Waals surface area contributed by atoms with Crippen molar-refractivity contribution in [3.8, 4) is 5.75 Å². The molecular weight excluding hydrogens is 290 g/mol. The van der Waals surface area contributed by atoms with Crippen LogP contribution in [0.15, 0.2) is 24.3 Å². The van der Waals surface area contributed by atoms with E-state index in [2.05, 4.69) is 16.3 Å². The molecule has 0 aromatic heterocycles. The highest BCUT2D eigenvalue weighted by Gasteiger charge is 2.25. The highest BCUT2D eigenvalue weighted by atomic mass is 16.5. The Balaban J connectivity index is 1.52. The average molecular weight is 317 g/mol. The molecule has 0 spiro atoms. The normalized spacial score (nSPS) is 19.7. The van der Waals surface area contributed by atoms with Crippen LogP contribution in [0.2, 0.25) is 0 Å². The van der Waals surface area contributed by atoms with Crippen LogP contribution in [-0.2, 0) is 4.79 Å². The number of nitrogens with one attached hydrogen (secondary N) is 1. The monoisotopic (exact) mass is 317 g/mol. The fourth-order valence-corrected chi connectivity index (χ4v) is 3.55. The van der Waals surface area contributed by atoms with E-state index in [0.29, 0.717) is 11.8 Å². The third kappa shape index (κ3) is 3.96. The second-order valence-corrected chi connectivity index (χ2v) is 6.44. The second kappa shape index (κ2) is 7.68. The van der Waals surface area contributed by atoms with E-state index in [0.717, 1.165) is 70.0 Å². The highest BCUT2D eigenvalue weighted by Crippen LogP contribution is 2.28. The topological polar surface area (TPSA) is 44.8 Å². The number of rotatable bonds is 4. The van der Waals surface area contributed by atoms with Crippen molar-refractivity contribution in [3.05, 3.63) is 24.3 Å². The first-order valence-corrected chi connectivity index (χ1v) is 8.64. The molecule has 1 aromatic rings. The zero-order valence-electron chi connectivity index (χ0n) is 14.0. The molecule has 2 heterocycles. The van der Waals surface area contributed by atoms with Gasteiger partial charge in [0.2, 0.25) is 5.91 Å². The van der Waals surface area contributed by atoms with Gasteiger partial charge < -0.3 is 19.9 Å². The summed E-state index contributed by atoms with van der Waals surface area (Å²) in [5.41, 5.74) is 1.13. The number of hydrogen-bond donors (Lipinski definition) is 1.